The molecule has 1 N–H and O–H groups in total. The summed E-state index contributed by atoms with van der Waals surface area (Å²) in [5.74, 6) is 0.370. The van der Waals surface area contributed by atoms with Crippen molar-refractivity contribution in [1.82, 2.24) is 14.8 Å². The molecule has 29 heavy (non-hydrogen) atoms. The first kappa shape index (κ1) is 18.8. The topological polar surface area (TPSA) is 86.1 Å². The SMILES string of the molecule is COc1ccc(-c2ccc(=O)n(CC(=O)Nc3nc4ccc(C)cc4s3)n2)cc1. The molecule has 0 spiro atoms. The van der Waals surface area contributed by atoms with Crippen LogP contribution < -0.4 is 15.6 Å². The summed E-state index contributed by atoms with van der Waals surface area (Å²) in [4.78, 5) is 29.0. The van der Waals surface area contributed by atoms with E-state index in [2.05, 4.69) is 15.4 Å². The molecule has 7 nitrogen and oxygen atoms in total. The van der Waals surface area contributed by atoms with E-state index in [0.717, 1.165) is 31.8 Å². The van der Waals surface area contributed by atoms with E-state index in [9.17, 15) is 9.59 Å². The summed E-state index contributed by atoms with van der Waals surface area (Å²) in [5, 5.41) is 7.57. The van der Waals surface area contributed by atoms with Gasteiger partial charge >= 0.3 is 0 Å². The van der Waals surface area contributed by atoms with Gasteiger partial charge in [0.1, 0.15) is 12.3 Å². The first-order valence-electron chi connectivity index (χ1n) is 8.91. The van der Waals surface area contributed by atoms with Gasteiger partial charge in [0.05, 0.1) is 23.0 Å². The monoisotopic (exact) mass is 406 g/mol. The average Bonchev–Trinajstić information content (AvgIpc) is 3.10. The fourth-order valence-corrected chi connectivity index (χ4v) is 3.84. The first-order chi connectivity index (χ1) is 14.0. The molecule has 0 fully saturated rings. The van der Waals surface area contributed by atoms with Crippen molar-refractivity contribution < 1.29 is 9.53 Å². The number of thiazole rings is 1. The third kappa shape index (κ3) is 4.17. The Kier molecular flexibility index (Phi) is 5.09. The molecule has 146 valence electrons. The number of ether oxygens (including phenoxy) is 1. The number of hydrogen-bond acceptors (Lipinski definition) is 6. The van der Waals surface area contributed by atoms with Crippen molar-refractivity contribution in [3.63, 3.8) is 0 Å². The van der Waals surface area contributed by atoms with Crippen LogP contribution >= 0.6 is 11.3 Å². The molecule has 0 atom stereocenters. The first-order valence-corrected chi connectivity index (χ1v) is 9.73. The number of hydrogen-bond donors (Lipinski definition) is 1. The lowest BCUT2D eigenvalue weighted by molar-refractivity contribution is -0.117. The van der Waals surface area contributed by atoms with Crippen molar-refractivity contribution in [3.8, 4) is 17.0 Å². The number of methoxy groups -OCH3 is 1. The largest absolute Gasteiger partial charge is 0.497 e. The van der Waals surface area contributed by atoms with Crippen LogP contribution in [0.15, 0.2) is 59.4 Å². The number of carbonyl (C=O) groups is 1. The smallest absolute Gasteiger partial charge is 0.267 e. The van der Waals surface area contributed by atoms with E-state index in [-0.39, 0.29) is 18.0 Å². The molecule has 2 aromatic carbocycles. The molecule has 4 aromatic rings. The van der Waals surface area contributed by atoms with E-state index in [1.165, 1.54) is 17.4 Å². The third-order valence-electron chi connectivity index (χ3n) is 4.34. The van der Waals surface area contributed by atoms with Crippen molar-refractivity contribution in [3.05, 3.63) is 70.5 Å². The number of carbonyl (C=O) groups excluding carboxylic acids is 1. The highest BCUT2D eigenvalue weighted by molar-refractivity contribution is 7.22. The molecule has 0 saturated heterocycles. The lowest BCUT2D eigenvalue weighted by atomic mass is 10.1. The van der Waals surface area contributed by atoms with Gasteiger partial charge in [0.2, 0.25) is 5.91 Å². The molecule has 0 aliphatic rings. The predicted molar refractivity (Wildman–Crippen MR) is 113 cm³/mol. The van der Waals surface area contributed by atoms with E-state index in [1.54, 1.807) is 13.2 Å². The zero-order valence-corrected chi connectivity index (χ0v) is 16.7. The summed E-state index contributed by atoms with van der Waals surface area (Å²) in [6.45, 7) is 1.81. The van der Waals surface area contributed by atoms with Gasteiger partial charge in [-0.1, -0.05) is 17.4 Å². The quantitative estimate of drug-likeness (QED) is 0.548. The van der Waals surface area contributed by atoms with Crippen molar-refractivity contribution in [2.24, 2.45) is 0 Å². The normalized spacial score (nSPS) is 10.8. The average molecular weight is 406 g/mol. The highest BCUT2D eigenvalue weighted by atomic mass is 32.1. The summed E-state index contributed by atoms with van der Waals surface area (Å²) in [6, 6.07) is 16.3. The third-order valence-corrected chi connectivity index (χ3v) is 5.27. The van der Waals surface area contributed by atoms with Gasteiger partial charge in [-0.05, 0) is 55.0 Å². The van der Waals surface area contributed by atoms with Crippen LogP contribution in [0.4, 0.5) is 5.13 Å². The van der Waals surface area contributed by atoms with E-state index in [0.29, 0.717) is 10.8 Å². The van der Waals surface area contributed by atoms with Crippen LogP contribution in [0.5, 0.6) is 5.75 Å². The zero-order valence-electron chi connectivity index (χ0n) is 15.9. The van der Waals surface area contributed by atoms with E-state index in [4.69, 9.17) is 4.74 Å². The number of rotatable bonds is 5. The Morgan fingerprint density at radius 1 is 1.14 bits per heavy atom. The standard InChI is InChI=1S/C21H18N4O3S/c1-13-3-8-17-18(11-13)29-21(22-17)23-19(26)12-25-20(27)10-9-16(24-25)14-4-6-15(28-2)7-5-14/h3-11H,12H2,1-2H3,(H,22,23,26). The lowest BCUT2D eigenvalue weighted by Gasteiger charge is -2.07. The Labute approximate surface area is 170 Å². The van der Waals surface area contributed by atoms with E-state index < -0.39 is 0 Å². The van der Waals surface area contributed by atoms with Crippen molar-refractivity contribution in [2.45, 2.75) is 13.5 Å². The van der Waals surface area contributed by atoms with Crippen LogP contribution in [0.1, 0.15) is 5.56 Å². The number of fused-ring (bicyclic) bond motifs is 1. The van der Waals surface area contributed by atoms with Gasteiger partial charge in [-0.3, -0.25) is 9.59 Å². The van der Waals surface area contributed by atoms with E-state index >= 15 is 0 Å². The molecule has 4 rings (SSSR count). The maximum absolute atomic E-state index is 12.4. The molecule has 2 heterocycles. The van der Waals surface area contributed by atoms with Gasteiger partial charge in [-0.2, -0.15) is 5.10 Å². The summed E-state index contributed by atoms with van der Waals surface area (Å²) in [5.41, 5.74) is 3.02. The fourth-order valence-electron chi connectivity index (χ4n) is 2.86. The van der Waals surface area contributed by atoms with Gasteiger partial charge in [0.15, 0.2) is 5.13 Å². The molecule has 8 heteroatoms. The van der Waals surface area contributed by atoms with Crippen LogP contribution in [-0.2, 0) is 11.3 Å². The maximum atomic E-state index is 12.4. The minimum Gasteiger partial charge on any atom is -0.497 e. The Balaban J connectivity index is 1.53. The van der Waals surface area contributed by atoms with Crippen LogP contribution in [0.3, 0.4) is 0 Å². The van der Waals surface area contributed by atoms with Crippen molar-refractivity contribution >= 4 is 32.6 Å². The van der Waals surface area contributed by atoms with Gasteiger partial charge in [-0.25, -0.2) is 9.67 Å². The molecule has 0 bridgehead atoms. The molecule has 0 aliphatic carbocycles. The number of aromatic nitrogens is 3. The Morgan fingerprint density at radius 3 is 2.69 bits per heavy atom. The van der Waals surface area contributed by atoms with Gasteiger partial charge in [-0.15, -0.1) is 0 Å². The van der Waals surface area contributed by atoms with Crippen LogP contribution in [0.25, 0.3) is 21.5 Å². The zero-order chi connectivity index (χ0) is 20.4. The van der Waals surface area contributed by atoms with Gasteiger partial charge in [0.25, 0.3) is 5.56 Å². The second kappa shape index (κ2) is 7.84. The van der Waals surface area contributed by atoms with Crippen LogP contribution in [0, 0.1) is 6.92 Å². The second-order valence-corrected chi connectivity index (χ2v) is 7.51. The molecule has 0 aliphatic heterocycles. The minimum absolute atomic E-state index is 0.197. The summed E-state index contributed by atoms with van der Waals surface area (Å²) in [7, 11) is 1.60. The van der Waals surface area contributed by atoms with Gasteiger partial charge < -0.3 is 10.1 Å². The van der Waals surface area contributed by atoms with Crippen molar-refractivity contribution in [2.75, 3.05) is 12.4 Å². The van der Waals surface area contributed by atoms with E-state index in [1.807, 2.05) is 49.4 Å². The molecular weight excluding hydrogens is 388 g/mol. The number of amides is 1. The number of nitrogens with zero attached hydrogens (tertiary/aromatic N) is 3. The van der Waals surface area contributed by atoms with Crippen LogP contribution in [0.2, 0.25) is 0 Å². The Morgan fingerprint density at radius 2 is 1.93 bits per heavy atom. The number of benzene rings is 2. The maximum Gasteiger partial charge on any atom is 0.267 e. The van der Waals surface area contributed by atoms with Crippen LogP contribution in [-0.4, -0.2) is 27.8 Å². The summed E-state index contributed by atoms with van der Waals surface area (Å²) in [6.07, 6.45) is 0. The molecular formula is C21H18N4O3S. The second-order valence-electron chi connectivity index (χ2n) is 6.48. The fraction of sp³-hybridized carbons (Fsp3) is 0.143. The highest BCUT2D eigenvalue weighted by Crippen LogP contribution is 2.26. The predicted octanol–water partition coefficient (Wildman–Crippen LogP) is 3.48. The molecule has 0 saturated carbocycles. The minimum atomic E-state index is -0.359. The molecule has 1 amide bonds. The van der Waals surface area contributed by atoms with Gasteiger partial charge in [0, 0.05) is 11.6 Å². The number of aryl methyl sites for hydroxylation is 1. The van der Waals surface area contributed by atoms with Crippen molar-refractivity contribution in [1.29, 1.82) is 0 Å². The number of nitrogens with one attached hydrogen (secondary N) is 1. The molecule has 2 aromatic heterocycles. The Hall–Kier alpha value is -3.52. The lowest BCUT2D eigenvalue weighted by Crippen LogP contribution is -2.29. The number of anilines is 1. The molecule has 0 unspecified atom stereocenters. The highest BCUT2D eigenvalue weighted by Gasteiger charge is 2.11. The summed E-state index contributed by atoms with van der Waals surface area (Å²) >= 11 is 1.40. The summed E-state index contributed by atoms with van der Waals surface area (Å²) < 4.78 is 7.29. The Bertz CT molecular complexity index is 1250. The molecule has 0 radical (unpaired) electrons.